The molecule has 3 aromatic rings. The first kappa shape index (κ1) is 20.2. The number of aromatic nitrogens is 3. The molecule has 4 rings (SSSR count). The van der Waals surface area contributed by atoms with Crippen molar-refractivity contribution in [3.63, 3.8) is 0 Å². The molecule has 2 aromatic heterocycles. The average Bonchev–Trinajstić information content (AvgIpc) is 3.50. The number of fused-ring (bicyclic) bond motifs is 1. The first-order valence-corrected chi connectivity index (χ1v) is 10.3. The SMILES string of the molecule is COc1ccc(OC)c(C(C)NC(=O)c2cc(C3CC3)nc3c2cnn3C(C)C)c1. The second-order valence-electron chi connectivity index (χ2n) is 8.09. The van der Waals surface area contributed by atoms with Gasteiger partial charge in [0.1, 0.15) is 11.5 Å². The van der Waals surface area contributed by atoms with Gasteiger partial charge in [-0.15, -0.1) is 0 Å². The number of carbonyl (C=O) groups excluding carboxylic acids is 1. The van der Waals surface area contributed by atoms with Gasteiger partial charge in [0.05, 0.1) is 37.4 Å². The Morgan fingerprint density at radius 3 is 2.57 bits per heavy atom. The Morgan fingerprint density at radius 1 is 1.17 bits per heavy atom. The average molecular weight is 409 g/mol. The highest BCUT2D eigenvalue weighted by Gasteiger charge is 2.28. The number of ether oxygens (including phenoxy) is 2. The van der Waals surface area contributed by atoms with E-state index in [1.54, 1.807) is 20.4 Å². The highest BCUT2D eigenvalue weighted by Crippen LogP contribution is 2.40. The van der Waals surface area contributed by atoms with E-state index in [4.69, 9.17) is 14.5 Å². The number of hydrogen-bond donors (Lipinski definition) is 1. The van der Waals surface area contributed by atoms with E-state index in [1.165, 1.54) is 0 Å². The minimum atomic E-state index is -0.268. The van der Waals surface area contributed by atoms with Crippen LogP contribution in [0.2, 0.25) is 0 Å². The molecule has 1 fully saturated rings. The number of amides is 1. The Bertz CT molecular complexity index is 1090. The highest BCUT2D eigenvalue weighted by atomic mass is 16.5. The molecule has 1 saturated carbocycles. The molecule has 0 saturated heterocycles. The monoisotopic (exact) mass is 408 g/mol. The van der Waals surface area contributed by atoms with Gasteiger partial charge < -0.3 is 14.8 Å². The van der Waals surface area contributed by atoms with Crippen LogP contribution in [0.4, 0.5) is 0 Å². The summed E-state index contributed by atoms with van der Waals surface area (Å²) >= 11 is 0. The molecule has 1 unspecified atom stereocenters. The zero-order chi connectivity index (χ0) is 21.4. The van der Waals surface area contributed by atoms with E-state index in [-0.39, 0.29) is 18.0 Å². The maximum absolute atomic E-state index is 13.3. The minimum absolute atomic E-state index is 0.148. The summed E-state index contributed by atoms with van der Waals surface area (Å²) in [4.78, 5) is 18.2. The molecule has 1 aromatic carbocycles. The highest BCUT2D eigenvalue weighted by molar-refractivity contribution is 6.05. The van der Waals surface area contributed by atoms with Crippen molar-refractivity contribution in [3.05, 3.63) is 47.3 Å². The van der Waals surface area contributed by atoms with E-state index >= 15 is 0 Å². The second kappa shape index (κ2) is 7.97. The molecule has 1 N–H and O–H groups in total. The Kier molecular flexibility index (Phi) is 5.37. The Morgan fingerprint density at radius 2 is 1.93 bits per heavy atom. The van der Waals surface area contributed by atoms with Gasteiger partial charge in [-0.25, -0.2) is 9.67 Å². The Labute approximate surface area is 176 Å². The van der Waals surface area contributed by atoms with Crippen molar-refractivity contribution in [2.75, 3.05) is 14.2 Å². The third-order valence-corrected chi connectivity index (χ3v) is 5.57. The van der Waals surface area contributed by atoms with Crippen LogP contribution in [0.5, 0.6) is 11.5 Å². The first-order valence-electron chi connectivity index (χ1n) is 10.3. The summed E-state index contributed by atoms with van der Waals surface area (Å²) in [6.45, 7) is 6.07. The standard InChI is InChI=1S/C23H28N4O3/c1-13(2)27-22-19(12-24-27)18(11-20(26-22)15-6-7-15)23(28)25-14(3)17-10-16(29-4)8-9-21(17)30-5/h8-15H,6-7H2,1-5H3,(H,25,28). The molecule has 2 heterocycles. The zero-order valence-corrected chi connectivity index (χ0v) is 18.1. The molecule has 0 radical (unpaired) electrons. The second-order valence-corrected chi connectivity index (χ2v) is 8.09. The van der Waals surface area contributed by atoms with E-state index in [0.29, 0.717) is 23.0 Å². The summed E-state index contributed by atoms with van der Waals surface area (Å²) < 4.78 is 12.7. The third-order valence-electron chi connectivity index (χ3n) is 5.57. The fraction of sp³-hybridized carbons (Fsp3) is 0.435. The van der Waals surface area contributed by atoms with E-state index in [9.17, 15) is 4.79 Å². The van der Waals surface area contributed by atoms with Crippen LogP contribution < -0.4 is 14.8 Å². The van der Waals surface area contributed by atoms with E-state index in [0.717, 1.165) is 35.1 Å². The molecule has 158 valence electrons. The summed E-state index contributed by atoms with van der Waals surface area (Å²) in [5.41, 5.74) is 3.21. The van der Waals surface area contributed by atoms with E-state index < -0.39 is 0 Å². The van der Waals surface area contributed by atoms with Crippen LogP contribution in [-0.4, -0.2) is 34.9 Å². The smallest absolute Gasteiger partial charge is 0.252 e. The number of nitrogens with zero attached hydrogens (tertiary/aromatic N) is 3. The molecular weight excluding hydrogens is 380 g/mol. The number of pyridine rings is 1. The number of carbonyl (C=O) groups is 1. The van der Waals surface area contributed by atoms with Crippen molar-refractivity contribution in [2.45, 2.75) is 51.6 Å². The lowest BCUT2D eigenvalue weighted by molar-refractivity contribution is 0.0941. The van der Waals surface area contributed by atoms with Gasteiger partial charge in [-0.2, -0.15) is 5.10 Å². The van der Waals surface area contributed by atoms with Crippen molar-refractivity contribution in [1.29, 1.82) is 0 Å². The van der Waals surface area contributed by atoms with Gasteiger partial charge in [0.2, 0.25) is 0 Å². The van der Waals surface area contributed by atoms with Crippen LogP contribution in [0.15, 0.2) is 30.5 Å². The van der Waals surface area contributed by atoms with Crippen LogP contribution in [0, 0.1) is 0 Å². The van der Waals surface area contributed by atoms with E-state index in [1.807, 2.05) is 35.9 Å². The molecule has 0 bridgehead atoms. The molecular formula is C23H28N4O3. The lowest BCUT2D eigenvalue weighted by Gasteiger charge is -2.19. The van der Waals surface area contributed by atoms with Crippen LogP contribution >= 0.6 is 0 Å². The molecule has 1 aliphatic carbocycles. The van der Waals surface area contributed by atoms with Gasteiger partial charge in [-0.05, 0) is 57.9 Å². The van der Waals surface area contributed by atoms with Gasteiger partial charge in [0.25, 0.3) is 5.91 Å². The van der Waals surface area contributed by atoms with Crippen molar-refractivity contribution >= 4 is 16.9 Å². The van der Waals surface area contributed by atoms with Gasteiger partial charge >= 0.3 is 0 Å². The molecule has 0 aliphatic heterocycles. The number of nitrogens with one attached hydrogen (secondary N) is 1. The zero-order valence-electron chi connectivity index (χ0n) is 18.1. The molecule has 1 atom stereocenters. The third kappa shape index (κ3) is 3.72. The molecule has 1 aliphatic rings. The molecule has 0 spiro atoms. The first-order chi connectivity index (χ1) is 14.4. The topological polar surface area (TPSA) is 78.3 Å². The fourth-order valence-corrected chi connectivity index (χ4v) is 3.72. The van der Waals surface area contributed by atoms with Crippen LogP contribution in [0.1, 0.15) is 73.2 Å². The number of hydrogen-bond acceptors (Lipinski definition) is 5. The number of methoxy groups -OCH3 is 2. The quantitative estimate of drug-likeness (QED) is 0.627. The van der Waals surface area contributed by atoms with Crippen molar-refractivity contribution in [1.82, 2.24) is 20.1 Å². The van der Waals surface area contributed by atoms with Crippen LogP contribution in [0.3, 0.4) is 0 Å². The number of benzene rings is 1. The van der Waals surface area contributed by atoms with Crippen molar-refractivity contribution < 1.29 is 14.3 Å². The Hall–Kier alpha value is -3.09. The van der Waals surface area contributed by atoms with Crippen molar-refractivity contribution in [3.8, 4) is 11.5 Å². The van der Waals surface area contributed by atoms with Gasteiger partial charge in [0.15, 0.2) is 5.65 Å². The molecule has 1 amide bonds. The minimum Gasteiger partial charge on any atom is -0.497 e. The lowest BCUT2D eigenvalue weighted by atomic mass is 10.0. The molecule has 7 nitrogen and oxygen atoms in total. The molecule has 30 heavy (non-hydrogen) atoms. The summed E-state index contributed by atoms with van der Waals surface area (Å²) in [5, 5.41) is 8.37. The van der Waals surface area contributed by atoms with E-state index in [2.05, 4.69) is 24.3 Å². The summed E-state index contributed by atoms with van der Waals surface area (Å²) in [6, 6.07) is 7.40. The maximum Gasteiger partial charge on any atom is 0.252 e. The largest absolute Gasteiger partial charge is 0.497 e. The van der Waals surface area contributed by atoms with Crippen molar-refractivity contribution in [2.24, 2.45) is 0 Å². The van der Waals surface area contributed by atoms with Gasteiger partial charge in [-0.1, -0.05) is 0 Å². The molecule has 7 heteroatoms. The van der Waals surface area contributed by atoms with Gasteiger partial charge in [-0.3, -0.25) is 4.79 Å². The summed E-state index contributed by atoms with van der Waals surface area (Å²) in [6.07, 6.45) is 3.98. The number of rotatable bonds is 7. The lowest BCUT2D eigenvalue weighted by Crippen LogP contribution is -2.27. The van der Waals surface area contributed by atoms with Crippen LogP contribution in [-0.2, 0) is 0 Å². The van der Waals surface area contributed by atoms with Gasteiger partial charge in [0, 0.05) is 23.2 Å². The van der Waals surface area contributed by atoms with Crippen LogP contribution in [0.25, 0.3) is 11.0 Å². The summed E-state index contributed by atoms with van der Waals surface area (Å²) in [7, 11) is 3.24. The summed E-state index contributed by atoms with van der Waals surface area (Å²) in [5.74, 6) is 1.71. The predicted octanol–water partition coefficient (Wildman–Crippen LogP) is 4.40. The Balaban J connectivity index is 1.70. The fourth-order valence-electron chi connectivity index (χ4n) is 3.72. The normalized spacial score (nSPS) is 14.7. The maximum atomic E-state index is 13.3. The predicted molar refractivity (Wildman–Crippen MR) is 115 cm³/mol.